The number of anilines is 1. The number of hydrogen-bond donors (Lipinski definition) is 1. The molecule has 7 nitrogen and oxygen atoms in total. The Morgan fingerprint density at radius 3 is 2.72 bits per heavy atom. The molecule has 2 atom stereocenters. The van der Waals surface area contributed by atoms with Gasteiger partial charge in [-0.15, -0.1) is 0 Å². The number of likely N-dealkylation sites (tertiary alicyclic amines) is 1. The summed E-state index contributed by atoms with van der Waals surface area (Å²) in [6.45, 7) is 6.18. The van der Waals surface area contributed by atoms with Crippen molar-refractivity contribution in [2.24, 2.45) is 0 Å². The summed E-state index contributed by atoms with van der Waals surface area (Å²) in [6, 6.07) is 16.3. The first-order valence-electron chi connectivity index (χ1n) is 12.7. The number of ether oxygens (including phenoxy) is 1. The Bertz CT molecular complexity index is 1410. The second kappa shape index (κ2) is 9.59. The number of aromatic nitrogens is 3. The summed E-state index contributed by atoms with van der Waals surface area (Å²) >= 11 is 0. The van der Waals surface area contributed by atoms with Gasteiger partial charge >= 0.3 is 6.01 Å². The van der Waals surface area contributed by atoms with Crippen molar-refractivity contribution in [3.63, 3.8) is 0 Å². The summed E-state index contributed by atoms with van der Waals surface area (Å²) < 4.78 is 21.7. The smallest absolute Gasteiger partial charge is 0.320 e. The van der Waals surface area contributed by atoms with Crippen LogP contribution in [0.2, 0.25) is 0 Å². The molecule has 6 rings (SSSR count). The highest BCUT2D eigenvalue weighted by Gasteiger charge is 2.26. The summed E-state index contributed by atoms with van der Waals surface area (Å²) in [6.07, 6.45) is 2.27. The summed E-state index contributed by atoms with van der Waals surface area (Å²) in [5.74, 6) is 0.298. The highest BCUT2D eigenvalue weighted by atomic mass is 19.1. The largest absolute Gasteiger partial charge is 0.462 e. The van der Waals surface area contributed by atoms with E-state index >= 15 is 4.39 Å². The molecule has 0 amide bonds. The van der Waals surface area contributed by atoms with E-state index in [2.05, 4.69) is 34.1 Å². The Balaban J connectivity index is 1.44. The molecular formula is C28H31FN6O. The molecule has 0 spiro atoms. The van der Waals surface area contributed by atoms with Gasteiger partial charge in [0, 0.05) is 37.3 Å². The van der Waals surface area contributed by atoms with E-state index < -0.39 is 0 Å². The van der Waals surface area contributed by atoms with Crippen LogP contribution in [-0.4, -0.2) is 71.8 Å². The average molecular weight is 487 g/mol. The minimum Gasteiger partial charge on any atom is -0.462 e. The molecule has 4 aromatic rings. The predicted molar refractivity (Wildman–Crippen MR) is 141 cm³/mol. The number of nitrogens with zero attached hydrogens (tertiary/aromatic N) is 5. The van der Waals surface area contributed by atoms with Crippen LogP contribution < -0.4 is 15.0 Å². The first-order valence-corrected chi connectivity index (χ1v) is 12.7. The first kappa shape index (κ1) is 23.1. The maximum atomic E-state index is 15.6. The number of benzene rings is 2. The Morgan fingerprint density at radius 1 is 1.06 bits per heavy atom. The van der Waals surface area contributed by atoms with E-state index in [4.69, 9.17) is 14.7 Å². The van der Waals surface area contributed by atoms with Gasteiger partial charge in [-0.05, 0) is 56.3 Å². The lowest BCUT2D eigenvalue weighted by Gasteiger charge is -2.35. The molecule has 4 heterocycles. The van der Waals surface area contributed by atoms with E-state index in [-0.39, 0.29) is 17.6 Å². The fourth-order valence-electron chi connectivity index (χ4n) is 5.33. The van der Waals surface area contributed by atoms with Crippen molar-refractivity contribution in [2.45, 2.75) is 31.8 Å². The van der Waals surface area contributed by atoms with Crippen LogP contribution in [0.1, 0.15) is 19.8 Å². The lowest BCUT2D eigenvalue weighted by Crippen LogP contribution is -2.50. The third-order valence-electron chi connectivity index (χ3n) is 7.47. The Hall–Kier alpha value is -3.36. The van der Waals surface area contributed by atoms with Gasteiger partial charge in [-0.25, -0.2) is 9.37 Å². The van der Waals surface area contributed by atoms with Crippen molar-refractivity contribution in [2.75, 3.05) is 44.7 Å². The van der Waals surface area contributed by atoms with E-state index in [0.29, 0.717) is 35.5 Å². The Kier molecular flexibility index (Phi) is 6.15. The van der Waals surface area contributed by atoms with Crippen molar-refractivity contribution in [3.05, 3.63) is 54.3 Å². The number of halogens is 1. The van der Waals surface area contributed by atoms with Crippen molar-refractivity contribution >= 4 is 27.6 Å². The molecule has 2 saturated heterocycles. The van der Waals surface area contributed by atoms with Crippen molar-refractivity contribution in [3.8, 4) is 17.3 Å². The van der Waals surface area contributed by atoms with E-state index in [9.17, 15) is 0 Å². The lowest BCUT2D eigenvalue weighted by molar-refractivity contribution is 0.188. The van der Waals surface area contributed by atoms with Gasteiger partial charge in [-0.1, -0.05) is 36.4 Å². The van der Waals surface area contributed by atoms with E-state index in [1.54, 1.807) is 0 Å². The topological polar surface area (TPSA) is 66.4 Å². The van der Waals surface area contributed by atoms with E-state index in [1.165, 1.54) is 12.5 Å². The van der Waals surface area contributed by atoms with Crippen LogP contribution >= 0.6 is 0 Å². The third kappa shape index (κ3) is 4.35. The lowest BCUT2D eigenvalue weighted by atomic mass is 10.0. The molecule has 0 aliphatic carbocycles. The van der Waals surface area contributed by atoms with Gasteiger partial charge in [-0.3, -0.25) is 0 Å². The van der Waals surface area contributed by atoms with Gasteiger partial charge in [-0.2, -0.15) is 9.97 Å². The zero-order valence-corrected chi connectivity index (χ0v) is 20.7. The van der Waals surface area contributed by atoms with Gasteiger partial charge in [0.25, 0.3) is 0 Å². The van der Waals surface area contributed by atoms with E-state index in [1.807, 2.05) is 42.5 Å². The molecule has 2 aromatic heterocycles. The van der Waals surface area contributed by atoms with Crippen molar-refractivity contribution in [1.82, 2.24) is 25.2 Å². The Labute approximate surface area is 210 Å². The average Bonchev–Trinajstić information content (AvgIpc) is 3.31. The van der Waals surface area contributed by atoms with Crippen molar-refractivity contribution < 1.29 is 9.13 Å². The predicted octanol–water partition coefficient (Wildman–Crippen LogP) is 4.26. The SMILES string of the molecule is C[C@@H]1CNCCN1c1nc(OC[C@@H]2CCCN2C)nc2nc(-c3ccc4ccccc4c3)c(F)cc12. The van der Waals surface area contributed by atoms with Crippen molar-refractivity contribution in [1.29, 1.82) is 0 Å². The van der Waals surface area contributed by atoms with Crippen LogP contribution in [0.15, 0.2) is 48.5 Å². The molecule has 2 aliphatic rings. The number of nitrogens with one attached hydrogen (secondary N) is 1. The molecule has 1 N–H and O–H groups in total. The zero-order valence-electron chi connectivity index (χ0n) is 20.7. The maximum Gasteiger partial charge on any atom is 0.320 e. The third-order valence-corrected chi connectivity index (χ3v) is 7.47. The van der Waals surface area contributed by atoms with Gasteiger partial charge in [0.05, 0.1) is 5.39 Å². The summed E-state index contributed by atoms with van der Waals surface area (Å²) in [7, 11) is 2.12. The molecule has 2 aromatic carbocycles. The zero-order chi connectivity index (χ0) is 24.6. The molecule has 8 heteroatoms. The quantitative estimate of drug-likeness (QED) is 0.452. The molecule has 0 unspecified atom stereocenters. The molecule has 0 saturated carbocycles. The van der Waals surface area contributed by atoms with Gasteiger partial charge in [0.1, 0.15) is 23.9 Å². The van der Waals surface area contributed by atoms with Gasteiger partial charge in [0.15, 0.2) is 5.65 Å². The van der Waals surface area contributed by atoms with Crippen LogP contribution in [0.3, 0.4) is 0 Å². The van der Waals surface area contributed by atoms with Crippen LogP contribution in [-0.2, 0) is 0 Å². The number of pyridine rings is 1. The van der Waals surface area contributed by atoms with Crippen LogP contribution in [0.25, 0.3) is 33.1 Å². The number of fused-ring (bicyclic) bond motifs is 2. The standard InChI is InChI=1S/C28H31FN6O/c1-18-16-30-11-13-35(18)27-23-15-24(29)25(21-10-9-19-6-3-4-7-20(19)14-21)31-26(23)32-28(33-27)36-17-22-8-5-12-34(22)2/h3-4,6-7,9-10,14-15,18,22,30H,5,8,11-13,16-17H2,1-2H3/t18-,22+/m1/s1. The van der Waals surface area contributed by atoms with Crippen LogP contribution in [0, 0.1) is 5.82 Å². The summed E-state index contributed by atoms with van der Waals surface area (Å²) in [4.78, 5) is 18.7. The fourth-order valence-corrected chi connectivity index (χ4v) is 5.33. The number of hydrogen-bond acceptors (Lipinski definition) is 7. The van der Waals surface area contributed by atoms with Gasteiger partial charge in [0.2, 0.25) is 0 Å². The highest BCUT2D eigenvalue weighted by molar-refractivity contribution is 5.91. The minimum atomic E-state index is -0.383. The molecule has 36 heavy (non-hydrogen) atoms. The highest BCUT2D eigenvalue weighted by Crippen LogP contribution is 2.32. The minimum absolute atomic E-state index is 0.203. The molecular weight excluding hydrogens is 455 g/mol. The monoisotopic (exact) mass is 486 g/mol. The van der Waals surface area contributed by atoms with Crippen LogP contribution in [0.5, 0.6) is 6.01 Å². The van der Waals surface area contributed by atoms with E-state index in [0.717, 1.165) is 48.9 Å². The number of likely N-dealkylation sites (N-methyl/N-ethyl adjacent to an activating group) is 1. The molecule has 2 aliphatic heterocycles. The first-order chi connectivity index (χ1) is 17.6. The molecule has 186 valence electrons. The Morgan fingerprint density at radius 2 is 1.92 bits per heavy atom. The van der Waals surface area contributed by atoms with Crippen LogP contribution in [0.4, 0.5) is 10.2 Å². The molecule has 2 fully saturated rings. The molecule has 0 bridgehead atoms. The normalized spacial score (nSPS) is 20.9. The molecule has 0 radical (unpaired) electrons. The summed E-state index contributed by atoms with van der Waals surface area (Å²) in [5, 5.41) is 6.16. The number of rotatable bonds is 5. The van der Waals surface area contributed by atoms with Gasteiger partial charge < -0.3 is 19.9 Å². The summed E-state index contributed by atoms with van der Waals surface area (Å²) in [5.41, 5.74) is 1.46. The fraction of sp³-hybridized carbons (Fsp3) is 0.393. The number of piperazine rings is 1. The second-order valence-corrected chi connectivity index (χ2v) is 9.92. The second-order valence-electron chi connectivity index (χ2n) is 9.92. The maximum absolute atomic E-state index is 15.6.